The molecule has 1 aliphatic rings. The summed E-state index contributed by atoms with van der Waals surface area (Å²) in [5.74, 6) is -0.000274. The van der Waals surface area contributed by atoms with Gasteiger partial charge in [-0.1, -0.05) is 74.3 Å². The SMILES string of the molecule is [2H]c1c([2H])c([2H])c2c(nc(C(C)(C)C([2H])([2H])[2H])n3c2nc2c([2H])c4c(c([2H])c23)C(C)(C)C(C)(C)C4(C)C)c1[2H]. The number of benzene rings is 2. The minimum absolute atomic E-state index is 0.000274. The molecule has 2 aromatic carbocycles. The fourth-order valence-electron chi connectivity index (χ4n) is 4.83. The van der Waals surface area contributed by atoms with Crippen LogP contribution in [-0.4, -0.2) is 14.4 Å². The van der Waals surface area contributed by atoms with Crippen LogP contribution >= 0.6 is 0 Å². The summed E-state index contributed by atoms with van der Waals surface area (Å²) in [5, 5.41) is 0.0279. The van der Waals surface area contributed by atoms with Crippen molar-refractivity contribution >= 4 is 27.6 Å². The minimum atomic E-state index is -2.55. The van der Waals surface area contributed by atoms with Gasteiger partial charge in [-0.2, -0.15) is 0 Å². The van der Waals surface area contributed by atoms with Crippen LogP contribution in [0.4, 0.5) is 0 Å². The third-order valence-corrected chi connectivity index (χ3v) is 7.87. The fraction of sp³-hybridized carbons (Fsp3) is 0.481. The number of para-hydroxylation sites is 1. The van der Waals surface area contributed by atoms with Crippen molar-refractivity contribution in [3.05, 3.63) is 53.2 Å². The number of hydrogen-bond donors (Lipinski definition) is 0. The molecule has 4 aromatic rings. The predicted molar refractivity (Wildman–Crippen MR) is 127 cm³/mol. The number of rotatable bonds is 0. The molecule has 3 nitrogen and oxygen atoms in total. The standard InChI is InChI=1S/C27H33N3/c1-24(2,3)23-29-19-13-11-10-12-16(19)22-28-20-14-17-18(15-21(20)30(22)23)26(6,7)27(8,9)25(17,4)5/h10-15H,1-9H3/i1D3,10D,11D,12D,13D,14D,15D. The van der Waals surface area contributed by atoms with E-state index in [1.54, 1.807) is 0 Å². The van der Waals surface area contributed by atoms with Gasteiger partial charge in [0.15, 0.2) is 0 Å². The maximum Gasteiger partial charge on any atom is 0.148 e. The van der Waals surface area contributed by atoms with E-state index in [4.69, 9.17) is 14.6 Å². The van der Waals surface area contributed by atoms with Gasteiger partial charge in [-0.15, -0.1) is 0 Å². The van der Waals surface area contributed by atoms with Gasteiger partial charge >= 0.3 is 0 Å². The van der Waals surface area contributed by atoms with Gasteiger partial charge in [0.05, 0.1) is 24.8 Å². The molecule has 2 aromatic heterocycles. The maximum atomic E-state index is 9.50. The van der Waals surface area contributed by atoms with Gasteiger partial charge in [0.2, 0.25) is 0 Å². The van der Waals surface area contributed by atoms with Crippen molar-refractivity contribution in [3.63, 3.8) is 0 Å². The predicted octanol–water partition coefficient (Wildman–Crippen LogP) is 6.93. The summed E-state index contributed by atoms with van der Waals surface area (Å²) in [6.07, 6.45) is 0. The Kier molecular flexibility index (Phi) is 2.14. The molecule has 156 valence electrons. The van der Waals surface area contributed by atoms with E-state index in [0.29, 0.717) is 11.1 Å². The smallest absolute Gasteiger partial charge is 0.148 e. The van der Waals surface area contributed by atoms with Crippen LogP contribution in [0.5, 0.6) is 0 Å². The van der Waals surface area contributed by atoms with Gasteiger partial charge in [0, 0.05) is 14.9 Å². The number of aromatic nitrogens is 3. The molecule has 30 heavy (non-hydrogen) atoms. The van der Waals surface area contributed by atoms with E-state index in [2.05, 4.69) is 46.5 Å². The maximum absolute atomic E-state index is 9.50. The van der Waals surface area contributed by atoms with Gasteiger partial charge in [0.25, 0.3) is 0 Å². The monoisotopic (exact) mass is 408 g/mol. The van der Waals surface area contributed by atoms with Crippen molar-refractivity contribution < 1.29 is 12.3 Å². The molecule has 0 radical (unpaired) electrons. The first-order valence-electron chi connectivity index (χ1n) is 14.8. The van der Waals surface area contributed by atoms with Crippen LogP contribution < -0.4 is 0 Å². The van der Waals surface area contributed by atoms with E-state index in [0.717, 1.165) is 0 Å². The summed E-state index contributed by atoms with van der Waals surface area (Å²) >= 11 is 0. The highest BCUT2D eigenvalue weighted by atomic mass is 15.1. The molecule has 0 saturated carbocycles. The molecule has 0 N–H and O–H groups in total. The molecule has 5 rings (SSSR count). The summed E-state index contributed by atoms with van der Waals surface area (Å²) in [6.45, 7) is 13.0. The second-order valence-corrected chi connectivity index (χ2v) is 10.6. The molecule has 1 aliphatic carbocycles. The first kappa shape index (κ1) is 11.8. The molecule has 0 saturated heterocycles. The second kappa shape index (κ2) is 5.43. The molecule has 0 spiro atoms. The lowest BCUT2D eigenvalue weighted by atomic mass is 9.59. The molecule has 0 unspecified atom stereocenters. The average molecular weight is 409 g/mol. The average Bonchev–Trinajstić information content (AvgIpc) is 3.26. The number of fused-ring (bicyclic) bond motifs is 6. The van der Waals surface area contributed by atoms with Crippen LogP contribution in [0.25, 0.3) is 27.6 Å². The Labute approximate surface area is 192 Å². The van der Waals surface area contributed by atoms with Crippen LogP contribution in [0.1, 0.15) is 91.5 Å². The third kappa shape index (κ3) is 2.16. The Balaban J connectivity index is 2.16. The highest BCUT2D eigenvalue weighted by molar-refractivity contribution is 5.97. The van der Waals surface area contributed by atoms with Gasteiger partial charge in [-0.3, -0.25) is 4.40 Å². The van der Waals surface area contributed by atoms with E-state index in [1.807, 2.05) is 0 Å². The Hall–Kier alpha value is -2.42. The Morgan fingerprint density at radius 3 is 2.20 bits per heavy atom. The molecule has 0 amide bonds. The second-order valence-electron chi connectivity index (χ2n) is 10.6. The van der Waals surface area contributed by atoms with Crippen molar-refractivity contribution in [1.82, 2.24) is 14.4 Å². The van der Waals surface area contributed by atoms with E-state index >= 15 is 0 Å². The topological polar surface area (TPSA) is 30.2 Å². The quantitative estimate of drug-likeness (QED) is 0.316. The normalized spacial score (nSPS) is 24.3. The van der Waals surface area contributed by atoms with E-state index in [1.165, 1.54) is 18.2 Å². The Morgan fingerprint density at radius 2 is 1.53 bits per heavy atom. The van der Waals surface area contributed by atoms with Gasteiger partial charge in [-0.05, 0) is 51.5 Å². The first-order valence-corrected chi connectivity index (χ1v) is 10.3. The van der Waals surface area contributed by atoms with Crippen LogP contribution in [0, 0.1) is 5.41 Å². The van der Waals surface area contributed by atoms with Crippen LogP contribution in [0.2, 0.25) is 0 Å². The summed E-state index contributed by atoms with van der Waals surface area (Å²) in [7, 11) is 0. The highest BCUT2D eigenvalue weighted by Crippen LogP contribution is 2.61. The zero-order chi connectivity index (χ0) is 29.6. The zero-order valence-corrected chi connectivity index (χ0v) is 18.8. The molecule has 0 fully saturated rings. The fourth-order valence-corrected chi connectivity index (χ4v) is 4.83. The molecule has 0 bridgehead atoms. The van der Waals surface area contributed by atoms with Crippen molar-refractivity contribution in [2.75, 3.05) is 0 Å². The lowest BCUT2D eigenvalue weighted by molar-refractivity contribution is 0.125. The van der Waals surface area contributed by atoms with Crippen LogP contribution in [0.3, 0.4) is 0 Å². The van der Waals surface area contributed by atoms with Gasteiger partial charge < -0.3 is 0 Å². The van der Waals surface area contributed by atoms with Crippen molar-refractivity contribution in [1.29, 1.82) is 0 Å². The minimum Gasteiger partial charge on any atom is -0.279 e. The Morgan fingerprint density at radius 1 is 0.900 bits per heavy atom. The summed E-state index contributed by atoms with van der Waals surface area (Å²) < 4.78 is 78.8. The lowest BCUT2D eigenvalue weighted by Crippen LogP contribution is -2.42. The van der Waals surface area contributed by atoms with Crippen molar-refractivity contribution in [3.8, 4) is 0 Å². The number of nitrogens with zero attached hydrogens (tertiary/aromatic N) is 3. The van der Waals surface area contributed by atoms with Gasteiger partial charge in [0.1, 0.15) is 11.5 Å². The van der Waals surface area contributed by atoms with Gasteiger partial charge in [-0.25, -0.2) is 9.97 Å². The summed E-state index contributed by atoms with van der Waals surface area (Å²) in [4.78, 5) is 9.35. The molecular weight excluding hydrogens is 366 g/mol. The van der Waals surface area contributed by atoms with Crippen molar-refractivity contribution in [2.45, 2.75) is 78.5 Å². The Bertz CT molecular complexity index is 1760. The third-order valence-electron chi connectivity index (χ3n) is 7.87. The largest absolute Gasteiger partial charge is 0.279 e. The number of hydrogen-bond acceptors (Lipinski definition) is 2. The zero-order valence-electron chi connectivity index (χ0n) is 27.8. The summed E-state index contributed by atoms with van der Waals surface area (Å²) in [6, 6.07) is -1.44. The van der Waals surface area contributed by atoms with E-state index in [-0.39, 0.29) is 57.0 Å². The number of imidazole rings is 1. The first-order chi connectivity index (χ1) is 17.5. The molecule has 3 heteroatoms. The van der Waals surface area contributed by atoms with E-state index in [9.17, 15) is 2.74 Å². The lowest BCUT2D eigenvalue weighted by Gasteiger charge is -2.44. The molecular formula is C27H33N3. The highest BCUT2D eigenvalue weighted by Gasteiger charge is 2.57. The van der Waals surface area contributed by atoms with Crippen LogP contribution in [-0.2, 0) is 16.2 Å². The summed E-state index contributed by atoms with van der Waals surface area (Å²) in [5.41, 5.74) is -1.15. The van der Waals surface area contributed by atoms with E-state index < -0.39 is 41.2 Å². The molecule has 0 atom stereocenters. The molecule has 0 aliphatic heterocycles. The molecule has 2 heterocycles. The van der Waals surface area contributed by atoms with Crippen LogP contribution in [0.15, 0.2) is 36.3 Å². The van der Waals surface area contributed by atoms with Crippen molar-refractivity contribution in [2.24, 2.45) is 5.41 Å².